The van der Waals surface area contributed by atoms with E-state index in [4.69, 9.17) is 40.5 Å². The number of alkyl halides is 3. The Morgan fingerprint density at radius 1 is 0.833 bits per heavy atom. The van der Waals surface area contributed by atoms with Gasteiger partial charge in [-0.2, -0.15) is 13.2 Å². The minimum absolute atomic E-state index is 0.135. The SMILES string of the molecule is Nc1cccc(Cl)c1.O=S(=O)(Nc1cccc(Cl)c1)c1ccc(Cl)c(C(F)(F)F)c1. The Kier molecular flexibility index (Phi) is 7.87. The highest BCUT2D eigenvalue weighted by Crippen LogP contribution is 2.36. The van der Waals surface area contributed by atoms with E-state index in [9.17, 15) is 21.6 Å². The van der Waals surface area contributed by atoms with Gasteiger partial charge in [0, 0.05) is 15.7 Å². The maximum atomic E-state index is 12.8. The van der Waals surface area contributed by atoms with E-state index in [1.165, 1.54) is 24.3 Å². The van der Waals surface area contributed by atoms with Gasteiger partial charge < -0.3 is 5.73 Å². The van der Waals surface area contributed by atoms with Crippen LogP contribution in [-0.4, -0.2) is 8.42 Å². The first-order valence-electron chi connectivity index (χ1n) is 8.04. The average Bonchev–Trinajstić information content (AvgIpc) is 2.61. The van der Waals surface area contributed by atoms with Crippen molar-refractivity contribution >= 4 is 56.2 Å². The molecule has 0 saturated carbocycles. The minimum Gasteiger partial charge on any atom is -0.399 e. The van der Waals surface area contributed by atoms with Gasteiger partial charge in [0.25, 0.3) is 10.0 Å². The fourth-order valence-corrected chi connectivity index (χ4v) is 3.85. The second-order valence-corrected chi connectivity index (χ2v) is 8.77. The summed E-state index contributed by atoms with van der Waals surface area (Å²) < 4.78 is 64.8. The second-order valence-electron chi connectivity index (χ2n) is 5.81. The molecule has 0 amide bonds. The minimum atomic E-state index is -4.75. The number of nitrogen functional groups attached to an aromatic ring is 1. The number of nitrogens with two attached hydrogens (primary N) is 1. The Hall–Kier alpha value is -2.13. The van der Waals surface area contributed by atoms with Crippen molar-refractivity contribution < 1.29 is 21.6 Å². The number of nitrogens with one attached hydrogen (secondary N) is 1. The van der Waals surface area contributed by atoms with Crippen molar-refractivity contribution in [3.63, 3.8) is 0 Å². The van der Waals surface area contributed by atoms with Crippen molar-refractivity contribution in [3.05, 3.63) is 87.4 Å². The molecule has 4 nitrogen and oxygen atoms in total. The van der Waals surface area contributed by atoms with Crippen molar-refractivity contribution in [1.82, 2.24) is 0 Å². The van der Waals surface area contributed by atoms with Gasteiger partial charge in [-0.05, 0) is 54.6 Å². The van der Waals surface area contributed by atoms with E-state index >= 15 is 0 Å². The predicted molar refractivity (Wildman–Crippen MR) is 115 cm³/mol. The molecule has 0 aliphatic carbocycles. The van der Waals surface area contributed by atoms with Crippen molar-refractivity contribution in [2.75, 3.05) is 10.5 Å². The molecule has 0 saturated heterocycles. The summed E-state index contributed by atoms with van der Waals surface area (Å²) in [7, 11) is -4.20. The number of hydrogen-bond donors (Lipinski definition) is 2. The molecule has 0 fully saturated rings. The van der Waals surface area contributed by atoms with E-state index in [1.807, 2.05) is 6.07 Å². The smallest absolute Gasteiger partial charge is 0.399 e. The van der Waals surface area contributed by atoms with E-state index in [0.29, 0.717) is 16.8 Å². The lowest BCUT2D eigenvalue weighted by Crippen LogP contribution is -2.15. The first-order valence-corrected chi connectivity index (χ1v) is 10.7. The first-order chi connectivity index (χ1) is 13.9. The summed E-state index contributed by atoms with van der Waals surface area (Å²) in [4.78, 5) is -0.552. The van der Waals surface area contributed by atoms with E-state index in [-0.39, 0.29) is 10.7 Å². The summed E-state index contributed by atoms with van der Waals surface area (Å²) in [5, 5.41) is 0.395. The molecule has 30 heavy (non-hydrogen) atoms. The zero-order valence-corrected chi connectivity index (χ0v) is 18.0. The fourth-order valence-electron chi connectivity index (χ4n) is 2.16. The molecule has 0 atom stereocenters. The van der Waals surface area contributed by atoms with Crippen LogP contribution in [0, 0.1) is 0 Å². The van der Waals surface area contributed by atoms with Gasteiger partial charge in [0.15, 0.2) is 0 Å². The summed E-state index contributed by atoms with van der Waals surface area (Å²) >= 11 is 16.7. The lowest BCUT2D eigenvalue weighted by atomic mass is 10.2. The molecule has 0 heterocycles. The summed E-state index contributed by atoms with van der Waals surface area (Å²) in [5.41, 5.74) is 5.00. The Labute approximate surface area is 186 Å². The Morgan fingerprint density at radius 3 is 1.93 bits per heavy atom. The van der Waals surface area contributed by atoms with Crippen molar-refractivity contribution in [2.45, 2.75) is 11.1 Å². The summed E-state index contributed by atoms with van der Waals surface area (Å²) in [5.74, 6) is 0. The van der Waals surface area contributed by atoms with E-state index in [0.717, 1.165) is 12.1 Å². The molecule has 0 aliphatic rings. The van der Waals surface area contributed by atoms with Crippen LogP contribution in [0.4, 0.5) is 24.5 Å². The molecule has 11 heteroatoms. The third-order valence-corrected chi connectivity index (χ3v) is 5.66. The predicted octanol–water partition coefficient (Wildman–Crippen LogP) is 6.74. The molecule has 3 aromatic carbocycles. The monoisotopic (exact) mass is 496 g/mol. The summed E-state index contributed by atoms with van der Waals surface area (Å²) in [6, 6.07) is 15.3. The Balaban J connectivity index is 0.000000335. The molecule has 3 aromatic rings. The van der Waals surface area contributed by atoms with Crippen LogP contribution in [0.3, 0.4) is 0 Å². The third-order valence-electron chi connectivity index (χ3n) is 3.48. The molecular weight excluding hydrogens is 484 g/mol. The van der Waals surface area contributed by atoms with Crippen LogP contribution in [0.15, 0.2) is 71.6 Å². The fraction of sp³-hybridized carbons (Fsp3) is 0.0526. The zero-order chi connectivity index (χ0) is 22.5. The highest BCUT2D eigenvalue weighted by molar-refractivity contribution is 7.92. The molecule has 0 spiro atoms. The van der Waals surface area contributed by atoms with Gasteiger partial charge in [-0.1, -0.05) is 46.9 Å². The standard InChI is InChI=1S/C13H8Cl2F3NO2S.C6H6ClN/c14-8-2-1-3-9(6-8)19-22(20,21)10-4-5-12(15)11(7-10)13(16,17)18;7-5-2-1-3-6(8)4-5/h1-7,19H;1-4H,8H2. The highest BCUT2D eigenvalue weighted by atomic mass is 35.5. The Morgan fingerprint density at radius 2 is 1.43 bits per heavy atom. The van der Waals surface area contributed by atoms with E-state index in [2.05, 4.69) is 4.72 Å². The van der Waals surface area contributed by atoms with Crippen molar-refractivity contribution in [1.29, 1.82) is 0 Å². The molecule has 0 aromatic heterocycles. The number of sulfonamides is 1. The number of rotatable bonds is 3. The van der Waals surface area contributed by atoms with Crippen LogP contribution < -0.4 is 10.5 Å². The lowest BCUT2D eigenvalue weighted by Gasteiger charge is -2.12. The topological polar surface area (TPSA) is 72.2 Å². The molecule has 0 radical (unpaired) electrons. The second kappa shape index (κ2) is 9.78. The summed E-state index contributed by atoms with van der Waals surface area (Å²) in [6.45, 7) is 0. The molecule has 0 unspecified atom stereocenters. The Bertz CT molecular complexity index is 1120. The van der Waals surface area contributed by atoms with Gasteiger partial charge in [0.2, 0.25) is 0 Å². The molecule has 0 bridgehead atoms. The molecule has 3 N–H and O–H groups in total. The van der Waals surface area contributed by atoms with Crippen LogP contribution in [0.1, 0.15) is 5.56 Å². The van der Waals surface area contributed by atoms with E-state index in [1.54, 1.807) is 18.2 Å². The van der Waals surface area contributed by atoms with Gasteiger partial charge in [-0.3, -0.25) is 4.72 Å². The number of anilines is 2. The van der Waals surface area contributed by atoms with Gasteiger partial charge in [0.1, 0.15) is 0 Å². The normalized spacial score (nSPS) is 11.4. The van der Waals surface area contributed by atoms with Crippen LogP contribution in [0.25, 0.3) is 0 Å². The molecule has 0 aliphatic heterocycles. The number of hydrogen-bond acceptors (Lipinski definition) is 3. The molecular formula is C19H14Cl3F3N2O2S. The van der Waals surface area contributed by atoms with E-state index < -0.39 is 31.7 Å². The van der Waals surface area contributed by atoms with Gasteiger partial charge in [0.05, 0.1) is 21.2 Å². The van der Waals surface area contributed by atoms with Crippen LogP contribution in [-0.2, 0) is 16.2 Å². The largest absolute Gasteiger partial charge is 0.417 e. The first kappa shape index (κ1) is 24.1. The maximum Gasteiger partial charge on any atom is 0.417 e. The van der Waals surface area contributed by atoms with Gasteiger partial charge in [-0.15, -0.1) is 0 Å². The average molecular weight is 498 g/mol. The number of benzene rings is 3. The molecule has 160 valence electrons. The van der Waals surface area contributed by atoms with Gasteiger partial charge >= 0.3 is 6.18 Å². The van der Waals surface area contributed by atoms with Crippen molar-refractivity contribution in [2.24, 2.45) is 0 Å². The van der Waals surface area contributed by atoms with Crippen molar-refractivity contribution in [3.8, 4) is 0 Å². The third kappa shape index (κ3) is 6.98. The highest BCUT2D eigenvalue weighted by Gasteiger charge is 2.34. The quantitative estimate of drug-likeness (QED) is 0.394. The maximum absolute atomic E-state index is 12.8. The van der Waals surface area contributed by atoms with Crippen LogP contribution in [0.5, 0.6) is 0 Å². The van der Waals surface area contributed by atoms with Gasteiger partial charge in [-0.25, -0.2) is 8.42 Å². The van der Waals surface area contributed by atoms with Crippen LogP contribution in [0.2, 0.25) is 15.1 Å². The molecule has 3 rings (SSSR count). The van der Waals surface area contributed by atoms with Crippen LogP contribution >= 0.6 is 34.8 Å². The number of halogens is 6. The summed E-state index contributed by atoms with van der Waals surface area (Å²) in [6.07, 6.45) is -4.75. The zero-order valence-electron chi connectivity index (χ0n) is 14.9. The lowest BCUT2D eigenvalue weighted by molar-refractivity contribution is -0.137.